The maximum absolute atomic E-state index is 9.65. The summed E-state index contributed by atoms with van der Waals surface area (Å²) >= 11 is 0. The molecule has 3 rings (SSSR count). The Balaban J connectivity index is 2.18. The monoisotopic (exact) mass is 242 g/mol. The lowest BCUT2D eigenvalue weighted by molar-refractivity contribution is 0.268. The van der Waals surface area contributed by atoms with Gasteiger partial charge in [0.1, 0.15) is 5.82 Å². The van der Waals surface area contributed by atoms with Crippen molar-refractivity contribution in [3.05, 3.63) is 41.3 Å². The Bertz CT molecular complexity index is 572. The van der Waals surface area contributed by atoms with E-state index in [0.717, 1.165) is 35.7 Å². The van der Waals surface area contributed by atoms with Gasteiger partial charge in [0.15, 0.2) is 0 Å². The fourth-order valence-corrected chi connectivity index (χ4v) is 2.76. The van der Waals surface area contributed by atoms with Crippen molar-refractivity contribution in [2.24, 2.45) is 0 Å². The van der Waals surface area contributed by atoms with Crippen LogP contribution in [0.2, 0.25) is 0 Å². The van der Waals surface area contributed by atoms with E-state index in [9.17, 15) is 5.11 Å². The molecule has 1 aromatic heterocycles. The third-order valence-electron chi connectivity index (χ3n) is 3.73. The molecule has 0 amide bonds. The van der Waals surface area contributed by atoms with Crippen molar-refractivity contribution in [1.29, 1.82) is 0 Å². The Morgan fingerprint density at radius 1 is 1.28 bits per heavy atom. The number of imidazole rings is 1. The molecule has 3 nitrogen and oxygen atoms in total. The van der Waals surface area contributed by atoms with Crippen LogP contribution in [-0.4, -0.2) is 14.7 Å². The highest BCUT2D eigenvalue weighted by Gasteiger charge is 2.20. The Hall–Kier alpha value is -1.61. The third kappa shape index (κ3) is 1.75. The van der Waals surface area contributed by atoms with Crippen molar-refractivity contribution in [2.45, 2.75) is 39.3 Å². The molecule has 18 heavy (non-hydrogen) atoms. The van der Waals surface area contributed by atoms with Gasteiger partial charge in [-0.1, -0.05) is 24.3 Å². The predicted molar refractivity (Wildman–Crippen MR) is 71.3 cm³/mol. The quantitative estimate of drug-likeness (QED) is 0.879. The zero-order chi connectivity index (χ0) is 12.5. The molecule has 0 saturated heterocycles. The molecule has 0 radical (unpaired) electrons. The smallest absolute Gasteiger partial charge is 0.109 e. The maximum atomic E-state index is 9.65. The molecule has 0 atom stereocenters. The van der Waals surface area contributed by atoms with E-state index in [-0.39, 0.29) is 6.61 Å². The van der Waals surface area contributed by atoms with Gasteiger partial charge in [-0.15, -0.1) is 0 Å². The van der Waals surface area contributed by atoms with Crippen molar-refractivity contribution in [3.8, 4) is 11.3 Å². The molecule has 0 unspecified atom stereocenters. The van der Waals surface area contributed by atoms with Gasteiger partial charge in [-0.3, -0.25) is 0 Å². The summed E-state index contributed by atoms with van der Waals surface area (Å²) in [5.41, 5.74) is 4.29. The summed E-state index contributed by atoms with van der Waals surface area (Å²) < 4.78 is 2.20. The van der Waals surface area contributed by atoms with Crippen molar-refractivity contribution in [1.82, 2.24) is 9.55 Å². The minimum absolute atomic E-state index is 0.0661. The van der Waals surface area contributed by atoms with Crippen LogP contribution in [-0.2, 0) is 19.6 Å². The average Bonchev–Trinajstić information content (AvgIpc) is 2.77. The number of hydrogen-bond donors (Lipinski definition) is 1. The van der Waals surface area contributed by atoms with Gasteiger partial charge < -0.3 is 9.67 Å². The zero-order valence-corrected chi connectivity index (χ0v) is 10.7. The summed E-state index contributed by atoms with van der Waals surface area (Å²) in [4.78, 5) is 4.76. The van der Waals surface area contributed by atoms with E-state index < -0.39 is 0 Å². The number of aryl methyl sites for hydroxylation is 2. The normalized spacial score (nSPS) is 14.6. The molecule has 3 heteroatoms. The largest absolute Gasteiger partial charge is 0.390 e. The second-order valence-electron chi connectivity index (χ2n) is 4.91. The second kappa shape index (κ2) is 4.58. The van der Waals surface area contributed by atoms with E-state index in [1.54, 1.807) is 0 Å². The van der Waals surface area contributed by atoms with Gasteiger partial charge in [0.25, 0.3) is 0 Å². The molecule has 0 bridgehead atoms. The summed E-state index contributed by atoms with van der Waals surface area (Å²) in [6.45, 7) is 3.15. The minimum Gasteiger partial charge on any atom is -0.390 e. The first-order chi connectivity index (χ1) is 8.81. The highest BCUT2D eigenvalue weighted by Crippen LogP contribution is 2.29. The first-order valence-electron chi connectivity index (χ1n) is 6.56. The first-order valence-corrected chi connectivity index (χ1v) is 6.56. The lowest BCUT2D eigenvalue weighted by Crippen LogP contribution is -2.13. The molecule has 1 N–H and O–H groups in total. The SMILES string of the molecule is Cc1ccccc1-c1nc2n(c1CO)CCCC2. The molecule has 2 heterocycles. The highest BCUT2D eigenvalue weighted by atomic mass is 16.3. The summed E-state index contributed by atoms with van der Waals surface area (Å²) in [5, 5.41) is 9.65. The van der Waals surface area contributed by atoms with Crippen LogP contribution in [0.4, 0.5) is 0 Å². The van der Waals surface area contributed by atoms with E-state index in [4.69, 9.17) is 4.98 Å². The van der Waals surface area contributed by atoms with E-state index >= 15 is 0 Å². The van der Waals surface area contributed by atoms with Crippen LogP contribution in [0.5, 0.6) is 0 Å². The van der Waals surface area contributed by atoms with Gasteiger partial charge in [-0.05, 0) is 25.3 Å². The third-order valence-corrected chi connectivity index (χ3v) is 3.73. The van der Waals surface area contributed by atoms with Crippen molar-refractivity contribution in [2.75, 3.05) is 0 Å². The Labute approximate surface area is 107 Å². The van der Waals surface area contributed by atoms with Crippen LogP contribution in [0, 0.1) is 6.92 Å². The van der Waals surface area contributed by atoms with E-state index in [2.05, 4.69) is 23.6 Å². The van der Waals surface area contributed by atoms with Gasteiger partial charge in [0.05, 0.1) is 18.0 Å². The standard InChI is InChI=1S/C15H18N2O/c1-11-6-2-3-7-12(11)15-13(10-18)17-9-5-4-8-14(17)16-15/h2-3,6-7,18H,4-5,8-10H2,1H3. The maximum Gasteiger partial charge on any atom is 0.109 e. The summed E-state index contributed by atoms with van der Waals surface area (Å²) in [5.74, 6) is 1.13. The molecule has 0 aliphatic carbocycles. The number of benzene rings is 1. The number of rotatable bonds is 2. The second-order valence-corrected chi connectivity index (χ2v) is 4.91. The number of aromatic nitrogens is 2. The Kier molecular flexibility index (Phi) is 2.92. The fraction of sp³-hybridized carbons (Fsp3) is 0.400. The molecule has 1 aromatic carbocycles. The molecular weight excluding hydrogens is 224 g/mol. The van der Waals surface area contributed by atoms with E-state index in [1.807, 2.05) is 12.1 Å². The van der Waals surface area contributed by atoms with Crippen molar-refractivity contribution < 1.29 is 5.11 Å². The Morgan fingerprint density at radius 3 is 2.89 bits per heavy atom. The highest BCUT2D eigenvalue weighted by molar-refractivity contribution is 5.66. The number of nitrogens with zero attached hydrogens (tertiary/aromatic N) is 2. The van der Waals surface area contributed by atoms with E-state index in [0.29, 0.717) is 0 Å². The van der Waals surface area contributed by atoms with E-state index in [1.165, 1.54) is 18.4 Å². The number of aliphatic hydroxyl groups excluding tert-OH is 1. The molecule has 0 fully saturated rings. The van der Waals surface area contributed by atoms with Crippen molar-refractivity contribution >= 4 is 0 Å². The number of hydrogen-bond acceptors (Lipinski definition) is 2. The van der Waals surface area contributed by atoms with Crippen LogP contribution in [0.1, 0.15) is 29.9 Å². The van der Waals surface area contributed by atoms with Crippen LogP contribution in [0.3, 0.4) is 0 Å². The minimum atomic E-state index is 0.0661. The molecular formula is C15H18N2O. The average molecular weight is 242 g/mol. The molecule has 0 saturated carbocycles. The zero-order valence-electron chi connectivity index (χ0n) is 10.7. The van der Waals surface area contributed by atoms with Crippen LogP contribution < -0.4 is 0 Å². The van der Waals surface area contributed by atoms with Gasteiger partial charge in [0.2, 0.25) is 0 Å². The van der Waals surface area contributed by atoms with Crippen LogP contribution >= 0.6 is 0 Å². The predicted octanol–water partition coefficient (Wildman–Crippen LogP) is 2.69. The van der Waals surface area contributed by atoms with Gasteiger partial charge in [-0.2, -0.15) is 0 Å². The van der Waals surface area contributed by atoms with Crippen molar-refractivity contribution in [3.63, 3.8) is 0 Å². The lowest BCUT2D eigenvalue weighted by Gasteiger charge is -2.15. The molecule has 94 valence electrons. The van der Waals surface area contributed by atoms with Crippen LogP contribution in [0.25, 0.3) is 11.3 Å². The molecule has 0 spiro atoms. The first kappa shape index (κ1) is 11.5. The summed E-state index contributed by atoms with van der Waals surface area (Å²) in [6.07, 6.45) is 3.41. The fourth-order valence-electron chi connectivity index (χ4n) is 2.76. The van der Waals surface area contributed by atoms with Gasteiger partial charge >= 0.3 is 0 Å². The summed E-state index contributed by atoms with van der Waals surface area (Å²) in [7, 11) is 0. The topological polar surface area (TPSA) is 38.0 Å². The lowest BCUT2D eigenvalue weighted by atomic mass is 10.0. The summed E-state index contributed by atoms with van der Waals surface area (Å²) in [6, 6.07) is 8.24. The molecule has 2 aromatic rings. The number of fused-ring (bicyclic) bond motifs is 1. The molecule has 1 aliphatic heterocycles. The molecule has 1 aliphatic rings. The van der Waals surface area contributed by atoms with Gasteiger partial charge in [0, 0.05) is 18.5 Å². The number of aliphatic hydroxyl groups is 1. The van der Waals surface area contributed by atoms with Crippen LogP contribution in [0.15, 0.2) is 24.3 Å². The van der Waals surface area contributed by atoms with Gasteiger partial charge in [-0.25, -0.2) is 4.98 Å². The Morgan fingerprint density at radius 2 is 2.11 bits per heavy atom.